The maximum Gasteiger partial charge on any atom is 0.330 e. The Kier molecular flexibility index (Phi) is 7.31. The molecule has 4 aliphatic heterocycles. The molecule has 0 unspecified atom stereocenters. The third-order valence-corrected chi connectivity index (χ3v) is 9.88. The molecule has 9 heteroatoms. The van der Waals surface area contributed by atoms with Crippen LogP contribution in [0.3, 0.4) is 0 Å². The molecule has 6 rings (SSSR count). The molecule has 0 aromatic heterocycles. The average Bonchev–Trinajstić information content (AvgIpc) is 3.29. The van der Waals surface area contributed by atoms with Crippen molar-refractivity contribution in [2.75, 3.05) is 32.7 Å². The molecule has 4 heterocycles. The second-order valence-electron chi connectivity index (χ2n) is 12.4. The Morgan fingerprint density at radius 2 is 1.75 bits per heavy atom. The lowest BCUT2D eigenvalue weighted by molar-refractivity contribution is -0.145. The molecule has 40 heavy (non-hydrogen) atoms. The monoisotopic (exact) mass is 548 g/mol. The number of carbonyl (C=O) groups excluding carboxylic acids is 3. The van der Waals surface area contributed by atoms with Crippen LogP contribution in [-0.2, 0) is 14.4 Å². The molecular weight excluding hydrogens is 508 g/mol. The molecule has 214 valence electrons. The van der Waals surface area contributed by atoms with Gasteiger partial charge in [-0.15, -0.1) is 0 Å². The number of carboxylic acids is 1. The number of aliphatic carboxylic acids is 1. The second kappa shape index (κ2) is 10.9. The van der Waals surface area contributed by atoms with Crippen LogP contribution in [0.5, 0.6) is 0 Å². The molecule has 0 bridgehead atoms. The fourth-order valence-corrected chi connectivity index (χ4v) is 7.48. The number of benzene rings is 1. The maximum absolute atomic E-state index is 13.8. The van der Waals surface area contributed by atoms with Crippen molar-refractivity contribution in [3.05, 3.63) is 48.0 Å². The van der Waals surface area contributed by atoms with Crippen molar-refractivity contribution in [2.24, 2.45) is 17.8 Å². The first-order valence-corrected chi connectivity index (χ1v) is 15.0. The molecule has 3 saturated heterocycles. The molecule has 9 nitrogen and oxygen atoms in total. The van der Waals surface area contributed by atoms with E-state index in [9.17, 15) is 24.3 Å². The smallest absolute Gasteiger partial charge is 0.330 e. The summed E-state index contributed by atoms with van der Waals surface area (Å²) >= 11 is 0. The second-order valence-corrected chi connectivity index (χ2v) is 12.4. The summed E-state index contributed by atoms with van der Waals surface area (Å²) < 4.78 is 0. The van der Waals surface area contributed by atoms with Gasteiger partial charge in [0.05, 0.1) is 0 Å². The number of carbonyl (C=O) groups is 4. The van der Waals surface area contributed by atoms with E-state index in [-0.39, 0.29) is 29.7 Å². The summed E-state index contributed by atoms with van der Waals surface area (Å²) in [4.78, 5) is 58.4. The van der Waals surface area contributed by atoms with E-state index < -0.39 is 23.5 Å². The molecule has 2 N–H and O–H groups in total. The zero-order valence-corrected chi connectivity index (χ0v) is 23.0. The lowest BCUT2D eigenvalue weighted by Gasteiger charge is -2.31. The van der Waals surface area contributed by atoms with E-state index in [1.807, 2.05) is 40.2 Å². The van der Waals surface area contributed by atoms with Crippen LogP contribution in [-0.4, -0.2) is 87.9 Å². The normalized spacial score (nSPS) is 35.2. The number of rotatable bonds is 2. The van der Waals surface area contributed by atoms with E-state index in [2.05, 4.69) is 17.4 Å². The number of likely N-dealkylation sites (tertiary alicyclic amines) is 2. The number of amides is 4. The van der Waals surface area contributed by atoms with Crippen molar-refractivity contribution in [3.8, 4) is 0 Å². The summed E-state index contributed by atoms with van der Waals surface area (Å²) in [7, 11) is 0. The zero-order chi connectivity index (χ0) is 27.9. The van der Waals surface area contributed by atoms with Crippen molar-refractivity contribution < 1.29 is 24.3 Å². The molecule has 0 spiro atoms. The fraction of sp³-hybridized carbons (Fsp3) is 0.613. The predicted molar refractivity (Wildman–Crippen MR) is 148 cm³/mol. The van der Waals surface area contributed by atoms with Gasteiger partial charge in [0.1, 0.15) is 11.6 Å². The summed E-state index contributed by atoms with van der Waals surface area (Å²) in [6, 6.07) is 9.53. The molecule has 4 amide bonds. The van der Waals surface area contributed by atoms with Gasteiger partial charge in [-0.25, -0.2) is 9.59 Å². The summed E-state index contributed by atoms with van der Waals surface area (Å²) in [5.74, 6) is -1.58. The van der Waals surface area contributed by atoms with Gasteiger partial charge in [-0.1, -0.05) is 55.3 Å². The lowest BCUT2D eigenvalue weighted by atomic mass is 9.93. The highest BCUT2D eigenvalue weighted by Crippen LogP contribution is 2.46. The molecule has 1 aromatic carbocycles. The van der Waals surface area contributed by atoms with Crippen molar-refractivity contribution in [1.29, 1.82) is 0 Å². The van der Waals surface area contributed by atoms with Gasteiger partial charge in [-0.3, -0.25) is 9.59 Å². The highest BCUT2D eigenvalue weighted by molar-refractivity contribution is 5.95. The number of nitrogens with one attached hydrogen (secondary N) is 1. The van der Waals surface area contributed by atoms with E-state index in [0.717, 1.165) is 38.5 Å². The van der Waals surface area contributed by atoms with Crippen LogP contribution in [0.1, 0.15) is 62.8 Å². The Labute approximate surface area is 235 Å². The number of fused-ring (bicyclic) bond motifs is 4. The van der Waals surface area contributed by atoms with Crippen LogP contribution in [0.4, 0.5) is 4.79 Å². The van der Waals surface area contributed by atoms with E-state index in [1.54, 1.807) is 4.90 Å². The van der Waals surface area contributed by atoms with Gasteiger partial charge in [0.25, 0.3) is 0 Å². The number of urea groups is 1. The predicted octanol–water partition coefficient (Wildman–Crippen LogP) is 3.22. The van der Waals surface area contributed by atoms with Gasteiger partial charge in [0.15, 0.2) is 0 Å². The van der Waals surface area contributed by atoms with E-state index >= 15 is 0 Å². The quantitative estimate of drug-likeness (QED) is 0.552. The number of nitrogens with zero attached hydrogens (tertiary/aromatic N) is 3. The zero-order valence-electron chi connectivity index (χ0n) is 23.0. The van der Waals surface area contributed by atoms with Crippen LogP contribution < -0.4 is 5.32 Å². The van der Waals surface area contributed by atoms with E-state index in [0.29, 0.717) is 51.5 Å². The minimum atomic E-state index is -1.31. The minimum absolute atomic E-state index is 0.00217. The van der Waals surface area contributed by atoms with Crippen LogP contribution >= 0.6 is 0 Å². The standard InChI is InChI=1S/C31H40N4O5/c36-26-13-9-4-2-1-3-8-12-24-16-31(24,29(38)39)32-28(37)27-25-20-34(18-23(25)19-35(26)27)30(40)33-15-14-22(17-33)21-10-6-5-7-11-21/h5-8,10-12,22-25,27H,1-4,9,13-20H2,(H,32,37)(H,38,39)/b12-8-/t22-,23+,24-,25+,27+,31-/m1/s1. The maximum atomic E-state index is 13.8. The Bertz CT molecular complexity index is 1190. The first-order chi connectivity index (χ1) is 19.4. The molecular formula is C31H40N4O5. The topological polar surface area (TPSA) is 110 Å². The first kappa shape index (κ1) is 26.8. The Hall–Kier alpha value is -3.36. The molecule has 1 aliphatic carbocycles. The number of carboxylic acid groups (broad SMARTS) is 1. The Morgan fingerprint density at radius 3 is 2.55 bits per heavy atom. The third-order valence-electron chi connectivity index (χ3n) is 9.88. The molecule has 6 atom stereocenters. The minimum Gasteiger partial charge on any atom is -0.479 e. The van der Waals surface area contributed by atoms with Crippen LogP contribution in [0.2, 0.25) is 0 Å². The lowest BCUT2D eigenvalue weighted by Crippen LogP contribution is -2.55. The summed E-state index contributed by atoms with van der Waals surface area (Å²) in [5, 5.41) is 12.9. The highest BCUT2D eigenvalue weighted by atomic mass is 16.4. The van der Waals surface area contributed by atoms with Crippen LogP contribution in [0, 0.1) is 17.8 Å². The average molecular weight is 549 g/mol. The van der Waals surface area contributed by atoms with Gasteiger partial charge in [-0.05, 0) is 37.7 Å². The van der Waals surface area contributed by atoms with Gasteiger partial charge in [0, 0.05) is 62.8 Å². The van der Waals surface area contributed by atoms with E-state index in [4.69, 9.17) is 0 Å². The molecule has 0 radical (unpaired) electrons. The van der Waals surface area contributed by atoms with Gasteiger partial charge in [0.2, 0.25) is 11.8 Å². The van der Waals surface area contributed by atoms with Gasteiger partial charge < -0.3 is 25.1 Å². The fourth-order valence-electron chi connectivity index (χ4n) is 7.48. The van der Waals surface area contributed by atoms with Crippen LogP contribution in [0.15, 0.2) is 42.5 Å². The van der Waals surface area contributed by atoms with Gasteiger partial charge in [-0.2, -0.15) is 0 Å². The summed E-state index contributed by atoms with van der Waals surface area (Å²) in [5.41, 5.74) is -0.0608. The van der Waals surface area contributed by atoms with Crippen molar-refractivity contribution in [2.45, 2.75) is 68.9 Å². The number of allylic oxidation sites excluding steroid dienone is 1. The van der Waals surface area contributed by atoms with Crippen molar-refractivity contribution >= 4 is 23.8 Å². The Morgan fingerprint density at radius 1 is 0.950 bits per heavy atom. The SMILES string of the molecule is O=C1N[C@]2(C(=O)O)C[C@H]2/C=C\CCCCCCC(=O)N2C[C@@H]3CN(C(=O)N4CC[C@@H](c5ccccc5)C4)C[C@@H]3[C@@H]12. The summed E-state index contributed by atoms with van der Waals surface area (Å²) in [6.45, 7) is 2.73. The molecule has 1 saturated carbocycles. The molecule has 5 aliphatic rings. The third kappa shape index (κ3) is 4.99. The van der Waals surface area contributed by atoms with E-state index in [1.165, 1.54) is 5.56 Å². The van der Waals surface area contributed by atoms with Crippen molar-refractivity contribution in [3.63, 3.8) is 0 Å². The highest BCUT2D eigenvalue weighted by Gasteiger charge is 2.62. The number of hydrogen-bond donors (Lipinski definition) is 2. The Balaban J connectivity index is 1.17. The molecule has 4 fully saturated rings. The van der Waals surface area contributed by atoms with Crippen LogP contribution in [0.25, 0.3) is 0 Å². The van der Waals surface area contributed by atoms with Gasteiger partial charge >= 0.3 is 12.0 Å². The first-order valence-electron chi connectivity index (χ1n) is 15.0. The number of hydrogen-bond acceptors (Lipinski definition) is 4. The largest absolute Gasteiger partial charge is 0.479 e. The summed E-state index contributed by atoms with van der Waals surface area (Å²) in [6.07, 6.45) is 10.3. The molecule has 1 aromatic rings. The van der Waals surface area contributed by atoms with Crippen molar-refractivity contribution in [1.82, 2.24) is 20.0 Å².